The number of imidazole rings is 1. The highest BCUT2D eigenvalue weighted by atomic mass is 32.2. The van der Waals surface area contributed by atoms with Gasteiger partial charge in [-0.15, -0.1) is 0 Å². The topological polar surface area (TPSA) is 106 Å². The first-order valence-electron chi connectivity index (χ1n) is 14.5. The van der Waals surface area contributed by atoms with Gasteiger partial charge in [0, 0.05) is 56.5 Å². The monoisotopic (exact) mass is 616 g/mol. The molecule has 1 aliphatic heterocycles. The lowest BCUT2D eigenvalue weighted by Gasteiger charge is -2.34. The molecule has 1 saturated heterocycles. The fourth-order valence-electron chi connectivity index (χ4n) is 6.08. The first kappa shape index (κ1) is 29.6. The number of hydrogen-bond acceptors (Lipinski definition) is 6. The number of aromatic nitrogens is 2. The smallest absolute Gasteiger partial charge is 0.289 e. The summed E-state index contributed by atoms with van der Waals surface area (Å²) in [6.45, 7) is 2.64. The van der Waals surface area contributed by atoms with Crippen molar-refractivity contribution in [2.45, 2.75) is 32.1 Å². The summed E-state index contributed by atoms with van der Waals surface area (Å²) in [5, 5.41) is 0.552. The van der Waals surface area contributed by atoms with Crippen LogP contribution in [0.1, 0.15) is 58.6 Å². The number of carbonyl (C=O) groups is 2. The van der Waals surface area contributed by atoms with Crippen LogP contribution in [0.2, 0.25) is 0 Å². The van der Waals surface area contributed by atoms with Crippen molar-refractivity contribution in [1.29, 1.82) is 0 Å². The molecule has 0 radical (unpaired) electrons. The molecule has 3 aromatic carbocycles. The standard InChI is InChI=1S/C33H33FN4O5S/c1-5-28(39)30-24-17-23(21-9-8-16-38(19-21)33(40)32-35-25-10-6-7-11-26(25)36(32)2)27(37(3)44(4,41)42)18-29(24)43-31(30)20-12-14-22(34)15-13-20/h6-7,10-15,17-18,21H,5,8-9,16,19H2,1-4H3/t21-/m1/s1. The predicted octanol–water partition coefficient (Wildman–Crippen LogP) is 6.13. The molecule has 0 aliphatic carbocycles. The lowest BCUT2D eigenvalue weighted by Crippen LogP contribution is -2.40. The van der Waals surface area contributed by atoms with Crippen LogP contribution in [-0.4, -0.2) is 61.0 Å². The number of furan rings is 1. The molecule has 0 N–H and O–H groups in total. The molecule has 3 heterocycles. The van der Waals surface area contributed by atoms with Gasteiger partial charge in [-0.3, -0.25) is 13.9 Å². The molecule has 9 nitrogen and oxygen atoms in total. The molecule has 6 rings (SSSR count). The summed E-state index contributed by atoms with van der Waals surface area (Å²) in [6, 6.07) is 16.8. The van der Waals surface area contributed by atoms with Crippen molar-refractivity contribution in [2.75, 3.05) is 30.7 Å². The first-order valence-corrected chi connectivity index (χ1v) is 16.4. The molecule has 5 aromatic rings. The molecular weight excluding hydrogens is 583 g/mol. The van der Waals surface area contributed by atoms with Crippen LogP contribution in [0.3, 0.4) is 0 Å². The summed E-state index contributed by atoms with van der Waals surface area (Å²) in [4.78, 5) is 33.4. The Bertz CT molecular complexity index is 2030. The maximum atomic E-state index is 13.8. The number of aryl methyl sites for hydroxylation is 1. The first-order chi connectivity index (χ1) is 21.0. The van der Waals surface area contributed by atoms with Crippen LogP contribution in [-0.2, 0) is 17.1 Å². The number of benzene rings is 3. The average molecular weight is 617 g/mol. The second-order valence-electron chi connectivity index (χ2n) is 11.3. The zero-order valence-electron chi connectivity index (χ0n) is 25.0. The van der Waals surface area contributed by atoms with Gasteiger partial charge < -0.3 is 13.9 Å². The second-order valence-corrected chi connectivity index (χ2v) is 13.3. The van der Waals surface area contributed by atoms with Crippen LogP contribution >= 0.6 is 0 Å². The average Bonchev–Trinajstić information content (AvgIpc) is 3.56. The zero-order valence-corrected chi connectivity index (χ0v) is 25.8. The Balaban J connectivity index is 1.47. The third-order valence-electron chi connectivity index (χ3n) is 8.51. The molecule has 0 unspecified atom stereocenters. The quantitative estimate of drug-likeness (QED) is 0.204. The van der Waals surface area contributed by atoms with E-state index in [1.165, 1.54) is 23.5 Å². The summed E-state index contributed by atoms with van der Waals surface area (Å²) in [6.07, 6.45) is 2.75. The van der Waals surface area contributed by atoms with E-state index in [1.807, 2.05) is 37.4 Å². The number of nitrogens with zero attached hydrogens (tertiary/aromatic N) is 4. The second kappa shape index (κ2) is 11.2. The number of halogens is 1. The number of likely N-dealkylation sites (tertiary alicyclic amines) is 1. The number of amides is 1. The Morgan fingerprint density at radius 3 is 2.52 bits per heavy atom. The summed E-state index contributed by atoms with van der Waals surface area (Å²) in [5.41, 5.74) is 3.96. The number of anilines is 1. The predicted molar refractivity (Wildman–Crippen MR) is 168 cm³/mol. The van der Waals surface area contributed by atoms with Gasteiger partial charge >= 0.3 is 0 Å². The van der Waals surface area contributed by atoms with E-state index in [1.54, 1.807) is 34.6 Å². The van der Waals surface area contributed by atoms with E-state index in [9.17, 15) is 22.4 Å². The van der Waals surface area contributed by atoms with E-state index >= 15 is 0 Å². The van der Waals surface area contributed by atoms with Crippen molar-refractivity contribution < 1.29 is 26.8 Å². The SMILES string of the molecule is CCC(=O)c1c(-c2ccc(F)cc2)oc2cc(N(C)S(C)(=O)=O)c([C@@H]3CCCN(C(=O)c4nc5ccccc5n4C)C3)cc12. The van der Waals surface area contributed by atoms with Crippen molar-refractivity contribution in [3.05, 3.63) is 83.4 Å². The van der Waals surface area contributed by atoms with Gasteiger partial charge in [0.1, 0.15) is 17.2 Å². The van der Waals surface area contributed by atoms with Gasteiger partial charge in [-0.05, 0) is 60.9 Å². The molecule has 1 aliphatic rings. The Morgan fingerprint density at radius 2 is 1.84 bits per heavy atom. The van der Waals surface area contributed by atoms with Gasteiger partial charge in [-0.25, -0.2) is 17.8 Å². The number of carbonyl (C=O) groups excluding carboxylic acids is 2. The number of fused-ring (bicyclic) bond motifs is 2. The number of sulfonamides is 1. The summed E-state index contributed by atoms with van der Waals surface area (Å²) >= 11 is 0. The van der Waals surface area contributed by atoms with Crippen molar-refractivity contribution in [3.63, 3.8) is 0 Å². The van der Waals surface area contributed by atoms with Crippen LogP contribution in [0.5, 0.6) is 0 Å². The van der Waals surface area contributed by atoms with Crippen LogP contribution < -0.4 is 4.31 Å². The minimum atomic E-state index is -3.67. The van der Waals surface area contributed by atoms with Gasteiger partial charge in [0.2, 0.25) is 10.0 Å². The molecule has 1 fully saturated rings. The molecule has 0 bridgehead atoms. The normalized spacial score (nSPS) is 15.7. The maximum Gasteiger partial charge on any atom is 0.289 e. The minimum absolute atomic E-state index is 0.152. The zero-order chi connectivity index (χ0) is 31.3. The third kappa shape index (κ3) is 5.15. The molecule has 0 saturated carbocycles. The van der Waals surface area contributed by atoms with Gasteiger partial charge in [-0.2, -0.15) is 0 Å². The van der Waals surface area contributed by atoms with Crippen LogP contribution in [0, 0.1) is 5.82 Å². The molecule has 44 heavy (non-hydrogen) atoms. The minimum Gasteiger partial charge on any atom is -0.455 e. The van der Waals surface area contributed by atoms with Crippen molar-refractivity contribution in [3.8, 4) is 11.3 Å². The lowest BCUT2D eigenvalue weighted by atomic mass is 9.87. The van der Waals surface area contributed by atoms with Gasteiger partial charge in [0.05, 0.1) is 28.5 Å². The largest absolute Gasteiger partial charge is 0.455 e. The highest BCUT2D eigenvalue weighted by Crippen LogP contribution is 2.42. The fraction of sp³-hybridized carbons (Fsp3) is 0.303. The number of hydrogen-bond donors (Lipinski definition) is 0. The number of ketones is 1. The molecule has 1 atom stereocenters. The number of piperidine rings is 1. The molecule has 2 aromatic heterocycles. The molecular formula is C33H33FN4O5S. The molecule has 228 valence electrons. The van der Waals surface area contributed by atoms with E-state index in [-0.39, 0.29) is 24.0 Å². The van der Waals surface area contributed by atoms with Crippen LogP contribution in [0.25, 0.3) is 33.3 Å². The molecule has 1 amide bonds. The number of para-hydroxylation sites is 2. The Hall–Kier alpha value is -4.51. The van der Waals surface area contributed by atoms with E-state index in [4.69, 9.17) is 4.42 Å². The van der Waals surface area contributed by atoms with Crippen LogP contribution in [0.15, 0.2) is 65.1 Å². The summed E-state index contributed by atoms with van der Waals surface area (Å²) in [5.74, 6) is -0.344. The molecule has 0 spiro atoms. The van der Waals surface area contributed by atoms with Gasteiger partial charge in [0.15, 0.2) is 11.6 Å². The van der Waals surface area contributed by atoms with E-state index in [0.29, 0.717) is 70.9 Å². The van der Waals surface area contributed by atoms with Crippen LogP contribution in [0.4, 0.5) is 10.1 Å². The highest BCUT2D eigenvalue weighted by Gasteiger charge is 2.32. The van der Waals surface area contributed by atoms with E-state index in [2.05, 4.69) is 4.98 Å². The Morgan fingerprint density at radius 1 is 1.11 bits per heavy atom. The van der Waals surface area contributed by atoms with E-state index in [0.717, 1.165) is 17.3 Å². The third-order valence-corrected chi connectivity index (χ3v) is 9.70. The molecule has 11 heteroatoms. The van der Waals surface area contributed by atoms with Gasteiger partial charge in [-0.1, -0.05) is 19.1 Å². The highest BCUT2D eigenvalue weighted by molar-refractivity contribution is 7.92. The van der Waals surface area contributed by atoms with Crippen molar-refractivity contribution in [1.82, 2.24) is 14.5 Å². The number of rotatable bonds is 7. The summed E-state index contributed by atoms with van der Waals surface area (Å²) in [7, 11) is -0.371. The van der Waals surface area contributed by atoms with E-state index < -0.39 is 15.8 Å². The lowest BCUT2D eigenvalue weighted by molar-refractivity contribution is 0.0691. The maximum absolute atomic E-state index is 13.8. The number of Topliss-reactive ketones (excluding diaryl/α,β-unsaturated/α-hetero) is 1. The van der Waals surface area contributed by atoms with Crippen molar-refractivity contribution >= 4 is 49.4 Å². The van der Waals surface area contributed by atoms with Crippen molar-refractivity contribution in [2.24, 2.45) is 7.05 Å². The fourth-order valence-corrected chi connectivity index (χ4v) is 6.59. The Kier molecular flexibility index (Phi) is 7.53. The van der Waals surface area contributed by atoms with Gasteiger partial charge in [0.25, 0.3) is 5.91 Å². The Labute approximate surface area is 254 Å². The summed E-state index contributed by atoms with van der Waals surface area (Å²) < 4.78 is 48.5.